The third-order valence-electron chi connectivity index (χ3n) is 5.33. The molecule has 29 heavy (non-hydrogen) atoms. The maximum absolute atomic E-state index is 12.4. The van der Waals surface area contributed by atoms with Crippen molar-refractivity contribution in [3.05, 3.63) is 63.0 Å². The highest BCUT2D eigenvalue weighted by atomic mass is 16.5. The van der Waals surface area contributed by atoms with Gasteiger partial charge in [-0.3, -0.25) is 4.79 Å². The van der Waals surface area contributed by atoms with Crippen molar-refractivity contribution in [1.29, 1.82) is 0 Å². The smallest absolute Gasteiger partial charge is 0.339 e. The molecule has 0 saturated carbocycles. The van der Waals surface area contributed by atoms with Crippen LogP contribution in [0.5, 0.6) is 11.5 Å². The van der Waals surface area contributed by atoms with E-state index in [-0.39, 0.29) is 18.1 Å². The fraction of sp³-hybridized carbons (Fsp3) is 0.304. The summed E-state index contributed by atoms with van der Waals surface area (Å²) in [4.78, 5) is 24.6. The van der Waals surface area contributed by atoms with Gasteiger partial charge in [-0.2, -0.15) is 0 Å². The van der Waals surface area contributed by atoms with Crippen LogP contribution in [-0.2, 0) is 17.6 Å². The van der Waals surface area contributed by atoms with Crippen LogP contribution in [0.2, 0.25) is 0 Å². The summed E-state index contributed by atoms with van der Waals surface area (Å²) in [7, 11) is 1.56. The van der Waals surface area contributed by atoms with E-state index < -0.39 is 0 Å². The average molecular weight is 393 g/mol. The Morgan fingerprint density at radius 1 is 1.10 bits per heavy atom. The van der Waals surface area contributed by atoms with E-state index in [2.05, 4.69) is 5.32 Å². The third kappa shape index (κ3) is 3.58. The summed E-state index contributed by atoms with van der Waals surface area (Å²) in [5, 5.41) is 3.76. The Kier molecular flexibility index (Phi) is 5.01. The molecular weight excluding hydrogens is 370 g/mol. The van der Waals surface area contributed by atoms with E-state index in [0.29, 0.717) is 22.8 Å². The fourth-order valence-corrected chi connectivity index (χ4v) is 3.87. The molecule has 0 atom stereocenters. The Labute approximate surface area is 168 Å². The molecule has 1 aliphatic rings. The number of anilines is 1. The summed E-state index contributed by atoms with van der Waals surface area (Å²) in [5.41, 5.74) is 4.46. The van der Waals surface area contributed by atoms with Crippen LogP contribution in [0.15, 0.2) is 39.5 Å². The first-order valence-electron chi connectivity index (χ1n) is 9.63. The first kappa shape index (κ1) is 19.1. The van der Waals surface area contributed by atoms with Crippen LogP contribution in [0.1, 0.15) is 28.7 Å². The Balaban J connectivity index is 1.54. The number of nitrogens with one attached hydrogen (secondary N) is 1. The molecule has 3 aromatic rings. The number of rotatable bonds is 5. The van der Waals surface area contributed by atoms with Gasteiger partial charge in [-0.25, -0.2) is 4.79 Å². The molecule has 1 heterocycles. The van der Waals surface area contributed by atoms with Crippen molar-refractivity contribution in [2.75, 3.05) is 19.0 Å². The molecule has 0 saturated heterocycles. The lowest BCUT2D eigenvalue weighted by Crippen LogP contribution is -2.21. The maximum atomic E-state index is 12.4. The lowest BCUT2D eigenvalue weighted by molar-refractivity contribution is -0.118. The highest BCUT2D eigenvalue weighted by molar-refractivity contribution is 5.93. The number of aryl methyl sites for hydroxylation is 3. The number of hydrogen-bond donors (Lipinski definition) is 1. The molecule has 0 aliphatic heterocycles. The van der Waals surface area contributed by atoms with Crippen LogP contribution in [0, 0.1) is 13.8 Å². The number of fused-ring (bicyclic) bond motifs is 3. The van der Waals surface area contributed by atoms with Crippen molar-refractivity contribution in [2.45, 2.75) is 33.1 Å². The largest absolute Gasteiger partial charge is 0.495 e. The molecule has 4 rings (SSSR count). The standard InChI is InChI=1S/C23H23NO5/c1-13-7-9-20(27-3)18(11-13)24-21(25)12-28-19-10-8-16-15-5-4-6-17(15)23(26)29-22(16)14(19)2/h7-11H,4-6,12H2,1-3H3,(H,24,25). The van der Waals surface area contributed by atoms with Gasteiger partial charge in [0.15, 0.2) is 6.61 Å². The molecule has 0 radical (unpaired) electrons. The van der Waals surface area contributed by atoms with Crippen molar-refractivity contribution < 1.29 is 18.7 Å². The number of carbonyl (C=O) groups excluding carboxylic acids is 1. The lowest BCUT2D eigenvalue weighted by Gasteiger charge is -2.14. The van der Waals surface area contributed by atoms with Crippen LogP contribution in [0.4, 0.5) is 5.69 Å². The van der Waals surface area contributed by atoms with E-state index in [4.69, 9.17) is 13.9 Å². The highest BCUT2D eigenvalue weighted by Crippen LogP contribution is 2.33. The van der Waals surface area contributed by atoms with Gasteiger partial charge in [0, 0.05) is 16.5 Å². The van der Waals surface area contributed by atoms with Gasteiger partial charge >= 0.3 is 5.63 Å². The van der Waals surface area contributed by atoms with Crippen molar-refractivity contribution in [3.63, 3.8) is 0 Å². The minimum absolute atomic E-state index is 0.168. The van der Waals surface area contributed by atoms with Gasteiger partial charge in [0.2, 0.25) is 0 Å². The van der Waals surface area contributed by atoms with Crippen molar-refractivity contribution in [1.82, 2.24) is 0 Å². The summed E-state index contributed by atoms with van der Waals surface area (Å²) in [6.45, 7) is 3.61. The summed E-state index contributed by atoms with van der Waals surface area (Å²) in [6, 6.07) is 9.30. The minimum Gasteiger partial charge on any atom is -0.495 e. The summed E-state index contributed by atoms with van der Waals surface area (Å²) in [5.74, 6) is 0.801. The molecule has 1 aromatic heterocycles. The predicted octanol–water partition coefficient (Wildman–Crippen LogP) is 3.92. The molecule has 1 amide bonds. The third-order valence-corrected chi connectivity index (χ3v) is 5.33. The average Bonchev–Trinajstić information content (AvgIpc) is 3.19. The number of amides is 1. The first-order valence-corrected chi connectivity index (χ1v) is 9.63. The zero-order valence-electron chi connectivity index (χ0n) is 16.8. The molecule has 0 fully saturated rings. The summed E-state index contributed by atoms with van der Waals surface area (Å²) in [6.07, 6.45) is 2.63. The van der Waals surface area contributed by atoms with Crippen molar-refractivity contribution in [3.8, 4) is 11.5 Å². The SMILES string of the molecule is COc1ccc(C)cc1NC(=O)COc1ccc2c3c(c(=O)oc2c1C)CCC3. The lowest BCUT2D eigenvalue weighted by atomic mass is 10.0. The van der Waals surface area contributed by atoms with E-state index in [9.17, 15) is 9.59 Å². The molecule has 0 unspecified atom stereocenters. The predicted molar refractivity (Wildman–Crippen MR) is 111 cm³/mol. The molecule has 6 nitrogen and oxygen atoms in total. The number of benzene rings is 2. The van der Waals surface area contributed by atoms with Gasteiger partial charge < -0.3 is 19.2 Å². The van der Waals surface area contributed by atoms with Gasteiger partial charge in [0.05, 0.1) is 12.8 Å². The number of carbonyl (C=O) groups is 1. The molecule has 0 bridgehead atoms. The minimum atomic E-state index is -0.302. The molecular formula is C23H23NO5. The van der Waals surface area contributed by atoms with E-state index in [1.807, 2.05) is 38.1 Å². The zero-order chi connectivity index (χ0) is 20.5. The normalized spacial score (nSPS) is 12.7. The highest BCUT2D eigenvalue weighted by Gasteiger charge is 2.21. The monoisotopic (exact) mass is 393 g/mol. The van der Waals surface area contributed by atoms with Crippen molar-refractivity contribution >= 4 is 22.6 Å². The second-order valence-corrected chi connectivity index (χ2v) is 7.31. The van der Waals surface area contributed by atoms with E-state index in [1.165, 1.54) is 0 Å². The van der Waals surface area contributed by atoms with Crippen LogP contribution < -0.4 is 20.4 Å². The fourth-order valence-electron chi connectivity index (χ4n) is 3.87. The summed E-state index contributed by atoms with van der Waals surface area (Å²) < 4.78 is 16.6. The number of hydrogen-bond acceptors (Lipinski definition) is 5. The zero-order valence-corrected chi connectivity index (χ0v) is 16.8. The van der Waals surface area contributed by atoms with Gasteiger partial charge in [-0.15, -0.1) is 0 Å². The van der Waals surface area contributed by atoms with E-state index in [1.54, 1.807) is 13.2 Å². The van der Waals surface area contributed by atoms with Gasteiger partial charge in [0.1, 0.15) is 17.1 Å². The van der Waals surface area contributed by atoms with Crippen LogP contribution >= 0.6 is 0 Å². The van der Waals surface area contributed by atoms with Crippen LogP contribution in [-0.4, -0.2) is 19.6 Å². The second kappa shape index (κ2) is 7.62. The molecule has 1 aliphatic carbocycles. The summed E-state index contributed by atoms with van der Waals surface area (Å²) >= 11 is 0. The quantitative estimate of drug-likeness (QED) is 0.665. The van der Waals surface area contributed by atoms with Crippen molar-refractivity contribution in [2.24, 2.45) is 0 Å². The number of methoxy groups -OCH3 is 1. The van der Waals surface area contributed by atoms with Crippen LogP contribution in [0.3, 0.4) is 0 Å². The maximum Gasteiger partial charge on any atom is 0.339 e. The van der Waals surface area contributed by atoms with Gasteiger partial charge in [0.25, 0.3) is 5.91 Å². The molecule has 6 heteroatoms. The Bertz CT molecular complexity index is 1160. The molecule has 0 spiro atoms. The Hall–Kier alpha value is -3.28. The van der Waals surface area contributed by atoms with E-state index >= 15 is 0 Å². The van der Waals surface area contributed by atoms with Gasteiger partial charge in [-0.05, 0) is 68.5 Å². The topological polar surface area (TPSA) is 77.8 Å². The van der Waals surface area contributed by atoms with Gasteiger partial charge in [-0.1, -0.05) is 6.07 Å². The first-order chi connectivity index (χ1) is 14.0. The molecule has 2 aromatic carbocycles. The Morgan fingerprint density at radius 2 is 1.86 bits per heavy atom. The second-order valence-electron chi connectivity index (χ2n) is 7.31. The molecule has 150 valence electrons. The van der Waals surface area contributed by atoms with E-state index in [0.717, 1.165) is 46.9 Å². The molecule has 1 N–H and O–H groups in total. The van der Waals surface area contributed by atoms with Crippen LogP contribution in [0.25, 0.3) is 11.0 Å². The number of ether oxygens (including phenoxy) is 2. The Morgan fingerprint density at radius 3 is 2.66 bits per heavy atom.